The Kier molecular flexibility index (Phi) is 17.3. The second-order valence-electron chi connectivity index (χ2n) is 0.429. The first-order chi connectivity index (χ1) is 2.00. The van der Waals surface area contributed by atoms with Crippen LogP contribution >= 0.6 is 37.2 Å². The first-order valence-electron chi connectivity index (χ1n) is 0.756. The summed E-state index contributed by atoms with van der Waals surface area (Å²) >= 11 is -3.11. The van der Waals surface area contributed by atoms with Gasteiger partial charge in [0.15, 0.2) is 0 Å². The second kappa shape index (κ2) is 7.27. The summed E-state index contributed by atoms with van der Waals surface area (Å²) in [7, 11) is 20.1. The standard InChI is InChI=1S/5ClH.Na.Ti/h5*1H;;/q;;;;;+1;+4/p-5. The quantitative estimate of drug-likeness (QED) is 0.395. The molecule has 0 N–H and O–H groups in total. The van der Waals surface area contributed by atoms with Crippen LogP contribution in [0.2, 0.25) is 0 Å². The van der Waals surface area contributed by atoms with Crippen LogP contribution in [0.25, 0.3) is 0 Å². The van der Waals surface area contributed by atoms with Gasteiger partial charge in [-0.05, 0) is 0 Å². The number of rotatable bonds is 0. The Morgan fingerprint density at radius 1 is 0.857 bits per heavy atom. The Morgan fingerprint density at radius 2 is 0.857 bits per heavy atom. The van der Waals surface area contributed by atoms with E-state index in [0.717, 1.165) is 0 Å². The summed E-state index contributed by atoms with van der Waals surface area (Å²) < 4.78 is 0. The minimum atomic E-state index is -3.11. The van der Waals surface area contributed by atoms with E-state index < -0.39 is 12.3 Å². The molecule has 0 aromatic heterocycles. The monoisotopic (exact) mass is 246 g/mol. The fourth-order valence-electron chi connectivity index (χ4n) is 0. The van der Waals surface area contributed by atoms with E-state index in [2.05, 4.69) is 0 Å². The Balaban J connectivity index is -0.0000000800. The van der Waals surface area contributed by atoms with Gasteiger partial charge in [-0.15, -0.1) is 0 Å². The summed E-state index contributed by atoms with van der Waals surface area (Å²) in [6.07, 6.45) is 0. The van der Waals surface area contributed by atoms with Crippen LogP contribution in [0.5, 0.6) is 0 Å². The van der Waals surface area contributed by atoms with Crippen molar-refractivity contribution in [2.45, 2.75) is 0 Å². The van der Waals surface area contributed by atoms with E-state index in [4.69, 9.17) is 37.2 Å². The molecule has 0 aliphatic carbocycles. The molecule has 0 rings (SSSR count). The average Bonchev–Trinajstić information content (AvgIpc) is 0.722. The minimum absolute atomic E-state index is 0. The van der Waals surface area contributed by atoms with Gasteiger partial charge in [-0.25, -0.2) is 0 Å². The van der Waals surface area contributed by atoms with E-state index in [1.807, 2.05) is 0 Å². The molecule has 0 saturated heterocycles. The Bertz CT molecular complexity index is 23.6. The van der Waals surface area contributed by atoms with Crippen LogP contribution in [0, 0.1) is 0 Å². The number of hydrogen-bond donors (Lipinski definition) is 0. The molecule has 0 atom stereocenters. The third-order valence-electron chi connectivity index (χ3n) is 0. The van der Waals surface area contributed by atoms with Crippen LogP contribution in [-0.4, -0.2) is 0 Å². The predicted molar refractivity (Wildman–Crippen MR) is 23.4 cm³/mol. The van der Waals surface area contributed by atoms with Crippen LogP contribution < -0.4 is 42.0 Å². The Morgan fingerprint density at radius 3 is 0.857 bits per heavy atom. The maximum absolute atomic E-state index is 5.01. The molecular weight excluding hydrogens is 248 g/mol. The molecule has 0 heterocycles. The molecule has 0 spiro atoms. The van der Waals surface area contributed by atoms with Crippen molar-refractivity contribution in [1.29, 1.82) is 0 Å². The summed E-state index contributed by atoms with van der Waals surface area (Å²) in [5, 5.41) is 0. The Hall–Kier alpha value is 3.16. The van der Waals surface area contributed by atoms with Crippen molar-refractivity contribution < 1.29 is 54.3 Å². The molecule has 0 bridgehead atoms. The van der Waals surface area contributed by atoms with Crippen molar-refractivity contribution in [3.63, 3.8) is 0 Å². The van der Waals surface area contributed by atoms with Gasteiger partial charge in [0.2, 0.25) is 0 Å². The molecule has 0 aromatic rings. The van der Waals surface area contributed by atoms with E-state index in [1.54, 1.807) is 0 Å². The number of halogens is 5. The van der Waals surface area contributed by atoms with Gasteiger partial charge in [-0.1, -0.05) is 0 Å². The normalized spacial score (nSPS) is 8.57. The molecule has 0 saturated carbocycles. The van der Waals surface area contributed by atoms with Gasteiger partial charge in [-0.2, -0.15) is 0 Å². The molecule has 0 radical (unpaired) electrons. The van der Waals surface area contributed by atoms with Crippen molar-refractivity contribution in [3.8, 4) is 0 Å². The van der Waals surface area contributed by atoms with Gasteiger partial charge >= 0.3 is 79.1 Å². The molecule has 0 unspecified atom stereocenters. The van der Waals surface area contributed by atoms with Gasteiger partial charge in [0.05, 0.1) is 0 Å². The SMILES string of the molecule is [Cl-].[Cl][Ti]([Cl])([Cl])[Cl].[Na+]. The van der Waals surface area contributed by atoms with E-state index in [9.17, 15) is 0 Å². The summed E-state index contributed by atoms with van der Waals surface area (Å²) in [4.78, 5) is 0. The van der Waals surface area contributed by atoms with Crippen molar-refractivity contribution in [3.05, 3.63) is 0 Å². The fraction of sp³-hybridized carbons (Fsp3) is 0. The Labute approximate surface area is 89.8 Å². The van der Waals surface area contributed by atoms with Crippen molar-refractivity contribution in [2.24, 2.45) is 0 Å². The summed E-state index contributed by atoms with van der Waals surface area (Å²) in [5.41, 5.74) is 0. The summed E-state index contributed by atoms with van der Waals surface area (Å²) in [6, 6.07) is 0. The van der Waals surface area contributed by atoms with E-state index in [0.29, 0.717) is 0 Å². The van der Waals surface area contributed by atoms with Crippen LogP contribution in [0.3, 0.4) is 0 Å². The minimum Gasteiger partial charge on any atom is 1.00 e. The van der Waals surface area contributed by atoms with E-state index >= 15 is 0 Å². The molecule has 0 nitrogen and oxygen atoms in total. The van der Waals surface area contributed by atoms with E-state index in [1.165, 1.54) is 0 Å². The van der Waals surface area contributed by atoms with Crippen molar-refractivity contribution >= 4 is 37.2 Å². The van der Waals surface area contributed by atoms with Crippen LogP contribution in [0.1, 0.15) is 0 Å². The van der Waals surface area contributed by atoms with E-state index in [-0.39, 0.29) is 42.0 Å². The molecular formula is Cl5NaTi. The second-order valence-corrected chi connectivity index (χ2v) is 15.9. The van der Waals surface area contributed by atoms with Gasteiger partial charge in [0, 0.05) is 0 Å². The summed E-state index contributed by atoms with van der Waals surface area (Å²) in [6.45, 7) is 0. The molecule has 0 aliphatic heterocycles. The maximum Gasteiger partial charge on any atom is 1.00 e. The third kappa shape index (κ3) is 47.0. The average molecular weight is 248 g/mol. The van der Waals surface area contributed by atoms with Crippen LogP contribution in [-0.2, 0) is 12.3 Å². The van der Waals surface area contributed by atoms with Crippen molar-refractivity contribution in [1.82, 2.24) is 0 Å². The zero-order valence-corrected chi connectivity index (χ0v) is 10.7. The topological polar surface area (TPSA) is 0 Å². The van der Waals surface area contributed by atoms with Crippen LogP contribution in [0.15, 0.2) is 0 Å². The molecule has 7 heavy (non-hydrogen) atoms. The number of hydrogen-bond acceptors (Lipinski definition) is 0. The first-order valence-corrected chi connectivity index (χ1v) is 9.35. The first kappa shape index (κ1) is 16.6. The van der Waals surface area contributed by atoms with Gasteiger partial charge in [0.25, 0.3) is 0 Å². The van der Waals surface area contributed by atoms with Gasteiger partial charge < -0.3 is 12.4 Å². The molecule has 7 heteroatoms. The maximum atomic E-state index is 5.01. The van der Waals surface area contributed by atoms with Gasteiger partial charge in [0.1, 0.15) is 0 Å². The van der Waals surface area contributed by atoms with Crippen LogP contribution in [0.4, 0.5) is 0 Å². The zero-order valence-electron chi connectivity index (χ0n) is 3.39. The largest absolute Gasteiger partial charge is 1.00 e. The zero-order chi connectivity index (χ0) is 4.50. The fourth-order valence-corrected chi connectivity index (χ4v) is 0. The summed E-state index contributed by atoms with van der Waals surface area (Å²) in [5.74, 6) is 0. The molecule has 0 aliphatic rings. The smallest absolute Gasteiger partial charge is 1.00 e. The van der Waals surface area contributed by atoms with Gasteiger partial charge in [-0.3, -0.25) is 0 Å². The molecule has 0 aromatic carbocycles. The third-order valence-corrected chi connectivity index (χ3v) is 0. The molecule has 40 valence electrons. The predicted octanol–water partition coefficient (Wildman–Crippen LogP) is -3.24. The van der Waals surface area contributed by atoms with Crippen molar-refractivity contribution in [2.75, 3.05) is 0 Å². The molecule has 0 fully saturated rings. The molecule has 0 amide bonds.